The highest BCUT2D eigenvalue weighted by atomic mass is 79.9. The Morgan fingerprint density at radius 1 is 1.04 bits per heavy atom. The zero-order valence-corrected chi connectivity index (χ0v) is 15.0. The fourth-order valence-electron chi connectivity index (χ4n) is 3.06. The second-order valence-electron chi connectivity index (χ2n) is 5.74. The molecule has 2 aromatic carbocycles. The van der Waals surface area contributed by atoms with Crippen molar-refractivity contribution in [2.24, 2.45) is 0 Å². The number of Topliss-reactive ketones (excluding diaryl/α,β-unsaturated/α-hetero) is 1. The predicted octanol–water partition coefficient (Wildman–Crippen LogP) is 2.46. The van der Waals surface area contributed by atoms with Gasteiger partial charge in [-0.1, -0.05) is 76.6 Å². The van der Waals surface area contributed by atoms with Crippen LogP contribution in [0.2, 0.25) is 0 Å². The molecule has 5 nitrogen and oxygen atoms in total. The van der Waals surface area contributed by atoms with Crippen molar-refractivity contribution in [3.8, 4) is 0 Å². The first kappa shape index (κ1) is 17.4. The van der Waals surface area contributed by atoms with E-state index in [4.69, 9.17) is 4.74 Å². The van der Waals surface area contributed by atoms with Crippen LogP contribution in [-0.2, 0) is 14.3 Å². The number of carbonyl (C=O) groups excluding carboxylic acids is 3. The molecule has 1 heterocycles. The number of rotatable bonds is 4. The van der Waals surface area contributed by atoms with E-state index in [1.165, 1.54) is 7.05 Å². The number of esters is 1. The Bertz CT molecular complexity index is 809. The van der Waals surface area contributed by atoms with Crippen LogP contribution in [-0.4, -0.2) is 35.1 Å². The molecule has 0 bridgehead atoms. The summed E-state index contributed by atoms with van der Waals surface area (Å²) in [6.07, 6.45) is -1.09. The Kier molecular flexibility index (Phi) is 4.72. The molecule has 6 heteroatoms. The summed E-state index contributed by atoms with van der Waals surface area (Å²) in [4.78, 5) is 38.0. The van der Waals surface area contributed by atoms with E-state index in [1.54, 1.807) is 54.6 Å². The fraction of sp³-hybridized carbons (Fsp3) is 0.211. The summed E-state index contributed by atoms with van der Waals surface area (Å²) >= 11 is 3.28. The molecule has 3 rings (SSSR count). The third-order valence-electron chi connectivity index (χ3n) is 4.30. The number of ketones is 1. The number of carbonyl (C=O) groups is 3. The van der Waals surface area contributed by atoms with Crippen molar-refractivity contribution in [3.05, 3.63) is 71.8 Å². The number of halogens is 1. The van der Waals surface area contributed by atoms with Crippen LogP contribution in [0.15, 0.2) is 60.7 Å². The number of alkyl halides is 1. The van der Waals surface area contributed by atoms with Gasteiger partial charge >= 0.3 is 5.97 Å². The number of cyclic esters (lactones) is 1. The maximum Gasteiger partial charge on any atom is 0.334 e. The minimum Gasteiger partial charge on any atom is -0.452 e. The number of benzene rings is 2. The summed E-state index contributed by atoms with van der Waals surface area (Å²) in [5.41, 5.74) is 1.10. The smallest absolute Gasteiger partial charge is 0.334 e. The number of amides is 1. The largest absolute Gasteiger partial charge is 0.452 e. The van der Waals surface area contributed by atoms with Crippen molar-refractivity contribution in [3.63, 3.8) is 0 Å². The lowest BCUT2D eigenvalue weighted by Crippen LogP contribution is -2.48. The van der Waals surface area contributed by atoms with Gasteiger partial charge in [-0.2, -0.15) is 0 Å². The quantitative estimate of drug-likeness (QED) is 0.369. The fourth-order valence-corrected chi connectivity index (χ4v) is 3.85. The van der Waals surface area contributed by atoms with Crippen LogP contribution >= 0.6 is 15.9 Å². The minimum atomic E-state index is -1.65. The van der Waals surface area contributed by atoms with Gasteiger partial charge in [-0.25, -0.2) is 4.79 Å². The van der Waals surface area contributed by atoms with Gasteiger partial charge in [0, 0.05) is 12.6 Å². The van der Waals surface area contributed by atoms with Crippen LogP contribution in [0, 0.1) is 0 Å². The van der Waals surface area contributed by atoms with Gasteiger partial charge in [0.05, 0.1) is 5.92 Å². The monoisotopic (exact) mass is 401 g/mol. The minimum absolute atomic E-state index is 0.340. The molecule has 128 valence electrons. The first-order chi connectivity index (χ1) is 12.0. The van der Waals surface area contributed by atoms with E-state index in [1.807, 2.05) is 6.07 Å². The first-order valence-electron chi connectivity index (χ1n) is 7.76. The van der Waals surface area contributed by atoms with Crippen LogP contribution in [0.4, 0.5) is 0 Å². The van der Waals surface area contributed by atoms with E-state index in [2.05, 4.69) is 21.2 Å². The van der Waals surface area contributed by atoms with Crippen molar-refractivity contribution < 1.29 is 19.1 Å². The lowest BCUT2D eigenvalue weighted by atomic mass is 9.81. The van der Waals surface area contributed by atoms with Crippen LogP contribution < -0.4 is 5.32 Å². The molecule has 1 amide bonds. The molecule has 0 radical (unpaired) electrons. The lowest BCUT2D eigenvalue weighted by Gasteiger charge is -2.25. The lowest BCUT2D eigenvalue weighted by molar-refractivity contribution is -0.144. The first-order valence-corrected chi connectivity index (χ1v) is 8.55. The maximum absolute atomic E-state index is 12.9. The van der Waals surface area contributed by atoms with Crippen LogP contribution in [0.3, 0.4) is 0 Å². The highest BCUT2D eigenvalue weighted by molar-refractivity contribution is 9.10. The van der Waals surface area contributed by atoms with E-state index in [-0.39, 0.29) is 5.78 Å². The van der Waals surface area contributed by atoms with Crippen molar-refractivity contribution in [1.82, 2.24) is 5.32 Å². The standard InChI is InChI=1S/C19H16BrNO4/c1-21-17(23)19(20)14(12-8-4-2-5-9-12)16(25-18(19)24)15(22)13-10-6-3-7-11-13/h2-11,14,16H,1H3,(H,21,23). The van der Waals surface area contributed by atoms with Gasteiger partial charge in [0.2, 0.25) is 16.0 Å². The van der Waals surface area contributed by atoms with Crippen LogP contribution in [0.1, 0.15) is 21.8 Å². The molecule has 0 aromatic heterocycles. The van der Waals surface area contributed by atoms with Crippen LogP contribution in [0.5, 0.6) is 0 Å². The summed E-state index contributed by atoms with van der Waals surface area (Å²) in [6.45, 7) is 0. The highest BCUT2D eigenvalue weighted by Crippen LogP contribution is 2.47. The van der Waals surface area contributed by atoms with Crippen LogP contribution in [0.25, 0.3) is 0 Å². The highest BCUT2D eigenvalue weighted by Gasteiger charge is 2.63. The molecule has 1 aliphatic heterocycles. The van der Waals surface area contributed by atoms with Gasteiger partial charge in [-0.05, 0) is 5.56 Å². The Hall–Kier alpha value is -2.47. The maximum atomic E-state index is 12.9. The summed E-state index contributed by atoms with van der Waals surface area (Å²) in [5.74, 6) is -2.44. The van der Waals surface area contributed by atoms with Gasteiger partial charge in [0.25, 0.3) is 0 Å². The van der Waals surface area contributed by atoms with E-state index < -0.39 is 28.2 Å². The van der Waals surface area contributed by atoms with Gasteiger partial charge in [-0.15, -0.1) is 0 Å². The number of ether oxygens (including phenoxy) is 1. The molecule has 3 atom stereocenters. The topological polar surface area (TPSA) is 72.5 Å². The van der Waals surface area contributed by atoms with E-state index >= 15 is 0 Å². The van der Waals surface area contributed by atoms with Crippen molar-refractivity contribution in [1.29, 1.82) is 0 Å². The van der Waals surface area contributed by atoms with Crippen molar-refractivity contribution in [2.45, 2.75) is 16.3 Å². The number of hydrogen-bond acceptors (Lipinski definition) is 4. The van der Waals surface area contributed by atoms with E-state index in [0.29, 0.717) is 11.1 Å². The molecular formula is C19H16BrNO4. The molecule has 3 unspecified atom stereocenters. The Balaban J connectivity index is 2.10. The summed E-state index contributed by atoms with van der Waals surface area (Å²) in [5, 5.41) is 2.48. The van der Waals surface area contributed by atoms with Crippen molar-refractivity contribution >= 4 is 33.6 Å². The summed E-state index contributed by atoms with van der Waals surface area (Å²) in [6, 6.07) is 17.5. The SMILES string of the molecule is CNC(=O)C1(Br)C(=O)OC(C(=O)c2ccccc2)C1c1ccccc1. The zero-order valence-electron chi connectivity index (χ0n) is 13.4. The summed E-state index contributed by atoms with van der Waals surface area (Å²) < 4.78 is 3.73. The second kappa shape index (κ2) is 6.80. The van der Waals surface area contributed by atoms with Gasteiger partial charge < -0.3 is 10.1 Å². The Labute approximate surface area is 153 Å². The normalized spacial score (nSPS) is 25.3. The molecule has 0 spiro atoms. The van der Waals surface area contributed by atoms with E-state index in [0.717, 1.165) is 0 Å². The Morgan fingerprint density at radius 3 is 2.16 bits per heavy atom. The molecule has 2 aromatic rings. The molecule has 1 aliphatic rings. The molecule has 1 N–H and O–H groups in total. The molecular weight excluding hydrogens is 386 g/mol. The predicted molar refractivity (Wildman–Crippen MR) is 95.6 cm³/mol. The van der Waals surface area contributed by atoms with Gasteiger partial charge in [0.15, 0.2) is 6.10 Å². The molecule has 1 fully saturated rings. The zero-order chi connectivity index (χ0) is 18.0. The Morgan fingerprint density at radius 2 is 1.60 bits per heavy atom. The summed E-state index contributed by atoms with van der Waals surface area (Å²) in [7, 11) is 1.44. The van der Waals surface area contributed by atoms with Crippen molar-refractivity contribution in [2.75, 3.05) is 7.05 Å². The number of hydrogen-bond donors (Lipinski definition) is 1. The average Bonchev–Trinajstić information content (AvgIpc) is 2.94. The van der Waals surface area contributed by atoms with E-state index in [9.17, 15) is 14.4 Å². The van der Waals surface area contributed by atoms with Gasteiger partial charge in [-0.3, -0.25) is 9.59 Å². The molecule has 0 aliphatic carbocycles. The molecule has 25 heavy (non-hydrogen) atoms. The second-order valence-corrected chi connectivity index (χ2v) is 6.99. The molecule has 0 saturated carbocycles. The number of nitrogens with one attached hydrogen (secondary N) is 1. The average molecular weight is 402 g/mol. The van der Waals surface area contributed by atoms with Gasteiger partial charge in [0.1, 0.15) is 0 Å². The third kappa shape index (κ3) is 2.87. The third-order valence-corrected chi connectivity index (χ3v) is 5.47. The molecule has 1 saturated heterocycles.